The largest absolute Gasteiger partial charge is 0.307 e. The first-order valence-corrected chi connectivity index (χ1v) is 6.75. The lowest BCUT2D eigenvalue weighted by atomic mass is 9.99. The summed E-state index contributed by atoms with van der Waals surface area (Å²) >= 11 is 0. The fraction of sp³-hybridized carbons (Fsp3) is 0.294. The molecule has 0 aliphatic heterocycles. The Morgan fingerprint density at radius 3 is 1.50 bits per heavy atom. The van der Waals surface area contributed by atoms with Crippen molar-refractivity contribution in [1.82, 2.24) is 5.32 Å². The molecule has 1 N–H and O–H groups in total. The van der Waals surface area contributed by atoms with Crippen molar-refractivity contribution in [1.29, 1.82) is 0 Å². The Balaban J connectivity index is 0.000000771. The highest BCUT2D eigenvalue weighted by Gasteiger charge is 2.11. The first-order valence-electron chi connectivity index (χ1n) is 6.75. The number of hydrogen-bond donors (Lipinski definition) is 1. The number of rotatable bonds is 4. The van der Waals surface area contributed by atoms with Crippen LogP contribution in [0.25, 0.3) is 0 Å². The molecule has 0 bridgehead atoms. The Labute approximate surface area is 111 Å². The molecule has 0 saturated heterocycles. The molecule has 0 fully saturated rings. The first-order chi connectivity index (χ1) is 8.92. The van der Waals surface area contributed by atoms with Gasteiger partial charge in [0.05, 0.1) is 6.04 Å². The Kier molecular flexibility index (Phi) is 6.82. The summed E-state index contributed by atoms with van der Waals surface area (Å²) in [5.74, 6) is 0. The summed E-state index contributed by atoms with van der Waals surface area (Å²) in [7, 11) is 0. The van der Waals surface area contributed by atoms with Crippen LogP contribution in [0.4, 0.5) is 0 Å². The van der Waals surface area contributed by atoms with E-state index < -0.39 is 0 Å². The van der Waals surface area contributed by atoms with Crippen LogP contribution in [-0.2, 0) is 0 Å². The predicted octanol–water partition coefficient (Wildman–Crippen LogP) is 4.41. The van der Waals surface area contributed by atoms with Crippen molar-refractivity contribution in [2.24, 2.45) is 0 Å². The Morgan fingerprint density at radius 2 is 1.17 bits per heavy atom. The standard InChI is InChI=1S/C15H17N.C2H6/c1-2-16-15(13-9-5-3-6-10-13)14-11-7-4-8-12-14;1-2/h3-12,15-16H,2H2,1H3;1-2H3. The molecule has 2 aromatic rings. The molecule has 0 heterocycles. The first kappa shape index (κ1) is 14.5. The van der Waals surface area contributed by atoms with Gasteiger partial charge in [0.25, 0.3) is 0 Å². The molecule has 2 rings (SSSR count). The zero-order chi connectivity index (χ0) is 13.2. The summed E-state index contributed by atoms with van der Waals surface area (Å²) in [5, 5.41) is 3.52. The van der Waals surface area contributed by atoms with E-state index in [1.54, 1.807) is 0 Å². The molecule has 0 saturated carbocycles. The van der Waals surface area contributed by atoms with Gasteiger partial charge in [0, 0.05) is 0 Å². The van der Waals surface area contributed by atoms with Crippen molar-refractivity contribution in [2.45, 2.75) is 26.8 Å². The van der Waals surface area contributed by atoms with Crippen LogP contribution in [0.2, 0.25) is 0 Å². The summed E-state index contributed by atoms with van der Waals surface area (Å²) in [6.45, 7) is 7.10. The molecule has 0 unspecified atom stereocenters. The van der Waals surface area contributed by atoms with E-state index in [9.17, 15) is 0 Å². The molecule has 0 aromatic heterocycles. The molecule has 18 heavy (non-hydrogen) atoms. The molecule has 96 valence electrons. The van der Waals surface area contributed by atoms with E-state index >= 15 is 0 Å². The van der Waals surface area contributed by atoms with E-state index in [-0.39, 0.29) is 0 Å². The topological polar surface area (TPSA) is 12.0 Å². The second-order valence-corrected chi connectivity index (χ2v) is 3.81. The zero-order valence-corrected chi connectivity index (χ0v) is 11.6. The lowest BCUT2D eigenvalue weighted by Gasteiger charge is -2.18. The van der Waals surface area contributed by atoms with Gasteiger partial charge in [-0.25, -0.2) is 0 Å². The van der Waals surface area contributed by atoms with E-state index in [1.807, 2.05) is 13.8 Å². The van der Waals surface area contributed by atoms with Crippen LogP contribution in [-0.4, -0.2) is 6.54 Å². The molecule has 0 spiro atoms. The van der Waals surface area contributed by atoms with Crippen LogP contribution in [0, 0.1) is 0 Å². The van der Waals surface area contributed by atoms with Gasteiger partial charge in [0.1, 0.15) is 0 Å². The van der Waals surface area contributed by atoms with E-state index in [1.165, 1.54) is 11.1 Å². The summed E-state index contributed by atoms with van der Waals surface area (Å²) < 4.78 is 0. The Hall–Kier alpha value is -1.60. The summed E-state index contributed by atoms with van der Waals surface area (Å²) in [6.07, 6.45) is 0. The zero-order valence-electron chi connectivity index (χ0n) is 11.6. The number of nitrogens with one attached hydrogen (secondary N) is 1. The molecule has 0 aliphatic carbocycles. The highest BCUT2D eigenvalue weighted by atomic mass is 14.9. The third-order valence-electron chi connectivity index (χ3n) is 2.67. The van der Waals surface area contributed by atoms with Gasteiger partial charge in [-0.15, -0.1) is 0 Å². The van der Waals surface area contributed by atoms with Gasteiger partial charge in [0.15, 0.2) is 0 Å². The van der Waals surface area contributed by atoms with Crippen LogP contribution < -0.4 is 5.32 Å². The van der Waals surface area contributed by atoms with Crippen LogP contribution in [0.5, 0.6) is 0 Å². The monoisotopic (exact) mass is 241 g/mol. The maximum Gasteiger partial charge on any atom is 0.0576 e. The average molecular weight is 241 g/mol. The van der Waals surface area contributed by atoms with E-state index in [4.69, 9.17) is 0 Å². The molecule has 1 nitrogen and oxygen atoms in total. The van der Waals surface area contributed by atoms with Crippen molar-refractivity contribution in [3.05, 3.63) is 71.8 Å². The third kappa shape index (κ3) is 4.01. The molecular weight excluding hydrogens is 218 g/mol. The van der Waals surface area contributed by atoms with Crippen molar-refractivity contribution in [2.75, 3.05) is 6.54 Å². The minimum atomic E-state index is 0.299. The Morgan fingerprint density at radius 1 is 0.778 bits per heavy atom. The highest BCUT2D eigenvalue weighted by molar-refractivity contribution is 5.31. The van der Waals surface area contributed by atoms with Gasteiger partial charge in [-0.2, -0.15) is 0 Å². The molecular formula is C17H23N. The van der Waals surface area contributed by atoms with E-state index in [0.29, 0.717) is 6.04 Å². The van der Waals surface area contributed by atoms with Crippen LogP contribution in [0.15, 0.2) is 60.7 Å². The van der Waals surface area contributed by atoms with Gasteiger partial charge in [0.2, 0.25) is 0 Å². The van der Waals surface area contributed by atoms with Gasteiger partial charge in [-0.1, -0.05) is 81.4 Å². The fourth-order valence-electron chi connectivity index (χ4n) is 1.92. The lowest BCUT2D eigenvalue weighted by molar-refractivity contribution is 0.631. The van der Waals surface area contributed by atoms with Crippen molar-refractivity contribution in [3.63, 3.8) is 0 Å². The van der Waals surface area contributed by atoms with Crippen molar-refractivity contribution in [3.8, 4) is 0 Å². The summed E-state index contributed by atoms with van der Waals surface area (Å²) in [6, 6.07) is 21.4. The fourth-order valence-corrected chi connectivity index (χ4v) is 1.92. The SMILES string of the molecule is CC.CCNC(c1ccccc1)c1ccccc1. The molecule has 0 aliphatic rings. The molecule has 2 aromatic carbocycles. The van der Waals surface area contributed by atoms with Gasteiger partial charge in [-0.05, 0) is 17.7 Å². The van der Waals surface area contributed by atoms with Crippen LogP contribution in [0.3, 0.4) is 0 Å². The maximum absolute atomic E-state index is 3.52. The predicted molar refractivity (Wildman–Crippen MR) is 79.8 cm³/mol. The molecule has 0 atom stereocenters. The smallest absolute Gasteiger partial charge is 0.0576 e. The van der Waals surface area contributed by atoms with E-state index in [2.05, 4.69) is 72.9 Å². The Bertz CT molecular complexity index is 369. The van der Waals surface area contributed by atoms with Crippen molar-refractivity contribution < 1.29 is 0 Å². The van der Waals surface area contributed by atoms with Gasteiger partial charge < -0.3 is 5.32 Å². The minimum absolute atomic E-state index is 0.299. The number of hydrogen-bond acceptors (Lipinski definition) is 1. The normalized spacial score (nSPS) is 9.78. The second kappa shape index (κ2) is 8.48. The molecule has 0 radical (unpaired) electrons. The van der Waals surface area contributed by atoms with Gasteiger partial charge in [-0.3, -0.25) is 0 Å². The summed E-state index contributed by atoms with van der Waals surface area (Å²) in [5.41, 5.74) is 2.63. The summed E-state index contributed by atoms with van der Waals surface area (Å²) in [4.78, 5) is 0. The van der Waals surface area contributed by atoms with Crippen LogP contribution >= 0.6 is 0 Å². The molecule has 0 amide bonds. The second-order valence-electron chi connectivity index (χ2n) is 3.81. The maximum atomic E-state index is 3.52. The van der Waals surface area contributed by atoms with E-state index in [0.717, 1.165) is 6.54 Å². The molecule has 1 heteroatoms. The highest BCUT2D eigenvalue weighted by Crippen LogP contribution is 2.21. The minimum Gasteiger partial charge on any atom is -0.307 e. The van der Waals surface area contributed by atoms with Crippen LogP contribution in [0.1, 0.15) is 37.9 Å². The van der Waals surface area contributed by atoms with Gasteiger partial charge >= 0.3 is 0 Å². The quantitative estimate of drug-likeness (QED) is 0.836. The van der Waals surface area contributed by atoms with Crippen molar-refractivity contribution >= 4 is 0 Å². The third-order valence-corrected chi connectivity index (χ3v) is 2.67. The average Bonchev–Trinajstić information content (AvgIpc) is 2.49. The lowest BCUT2D eigenvalue weighted by Crippen LogP contribution is -2.21. The number of benzene rings is 2.